The van der Waals surface area contributed by atoms with Gasteiger partial charge in [0.2, 0.25) is 5.91 Å². The molecule has 1 amide bonds. The minimum absolute atomic E-state index is 0.230. The molecule has 3 nitrogen and oxygen atoms in total. The van der Waals surface area contributed by atoms with Crippen molar-refractivity contribution in [2.24, 2.45) is 0 Å². The number of carbonyl (C=O) groups is 1. The highest BCUT2D eigenvalue weighted by molar-refractivity contribution is 6.30. The van der Waals surface area contributed by atoms with Crippen molar-refractivity contribution in [1.29, 1.82) is 0 Å². The Bertz CT molecular complexity index is 139. The molecular weight excluding hydrogens is 178 g/mol. The van der Waals surface area contributed by atoms with Crippen LogP contribution in [-0.4, -0.2) is 29.0 Å². The van der Waals surface area contributed by atoms with Gasteiger partial charge >= 0.3 is 0 Å². The maximum atomic E-state index is 10.9. The van der Waals surface area contributed by atoms with Crippen molar-refractivity contribution < 1.29 is 9.90 Å². The third-order valence-electron chi connectivity index (χ3n) is 1.50. The number of nitrogens with one attached hydrogen (secondary N) is 1. The highest BCUT2D eigenvalue weighted by Gasteiger charge is 2.10. The zero-order chi connectivity index (χ0) is 9.56. The van der Waals surface area contributed by atoms with Crippen molar-refractivity contribution in [1.82, 2.24) is 5.32 Å². The Balaban J connectivity index is 3.47. The first-order valence-corrected chi connectivity index (χ1v) is 4.61. The average molecular weight is 194 g/mol. The predicted octanol–water partition coefficient (Wildman–Crippen LogP) is 0.891. The zero-order valence-electron chi connectivity index (χ0n) is 7.51. The summed E-state index contributed by atoms with van der Waals surface area (Å²) in [4.78, 5) is 10.9. The molecule has 72 valence electrons. The first-order valence-electron chi connectivity index (χ1n) is 4.17. The number of amides is 1. The van der Waals surface area contributed by atoms with Gasteiger partial charge in [-0.05, 0) is 13.3 Å². The Morgan fingerprint density at radius 1 is 1.67 bits per heavy atom. The molecular formula is C8H16ClNO2. The molecule has 0 bridgehead atoms. The number of alkyl halides is 1. The van der Waals surface area contributed by atoms with Crippen molar-refractivity contribution in [3.05, 3.63) is 0 Å². The number of hydrogen-bond acceptors (Lipinski definition) is 2. The molecule has 12 heavy (non-hydrogen) atoms. The quantitative estimate of drug-likeness (QED) is 0.638. The summed E-state index contributed by atoms with van der Waals surface area (Å²) in [7, 11) is 0. The van der Waals surface area contributed by atoms with Gasteiger partial charge in [-0.1, -0.05) is 13.3 Å². The van der Waals surface area contributed by atoms with Crippen LogP contribution in [0.4, 0.5) is 0 Å². The molecule has 0 aliphatic rings. The Hall–Kier alpha value is -0.280. The first-order chi connectivity index (χ1) is 5.57. The van der Waals surface area contributed by atoms with Gasteiger partial charge in [0, 0.05) is 6.54 Å². The van der Waals surface area contributed by atoms with Crippen LogP contribution >= 0.6 is 11.6 Å². The largest absolute Gasteiger partial charge is 0.391 e. The van der Waals surface area contributed by atoms with Gasteiger partial charge in [0.1, 0.15) is 5.38 Å². The fourth-order valence-electron chi connectivity index (χ4n) is 0.794. The summed E-state index contributed by atoms with van der Waals surface area (Å²) in [6.07, 6.45) is 1.17. The molecule has 2 atom stereocenters. The lowest BCUT2D eigenvalue weighted by Crippen LogP contribution is -2.35. The molecule has 2 N–H and O–H groups in total. The van der Waals surface area contributed by atoms with Gasteiger partial charge in [-0.25, -0.2) is 0 Å². The molecule has 0 aromatic heterocycles. The molecule has 0 heterocycles. The smallest absolute Gasteiger partial charge is 0.237 e. The first kappa shape index (κ1) is 11.7. The summed E-state index contributed by atoms with van der Waals surface area (Å²) in [6, 6.07) is 0. The Morgan fingerprint density at radius 3 is 2.67 bits per heavy atom. The van der Waals surface area contributed by atoms with E-state index in [1.807, 2.05) is 6.92 Å². The fourth-order valence-corrected chi connectivity index (χ4v) is 0.871. The van der Waals surface area contributed by atoms with Crippen LogP contribution in [0.25, 0.3) is 0 Å². The third kappa shape index (κ3) is 5.38. The van der Waals surface area contributed by atoms with E-state index in [4.69, 9.17) is 11.6 Å². The number of rotatable bonds is 5. The Morgan fingerprint density at radius 2 is 2.25 bits per heavy atom. The molecule has 0 aromatic rings. The highest BCUT2D eigenvalue weighted by atomic mass is 35.5. The molecule has 0 radical (unpaired) electrons. The number of aliphatic hydroxyl groups excluding tert-OH is 1. The molecule has 0 aliphatic heterocycles. The maximum Gasteiger partial charge on any atom is 0.237 e. The summed E-state index contributed by atoms with van der Waals surface area (Å²) in [6.45, 7) is 3.88. The van der Waals surface area contributed by atoms with E-state index in [2.05, 4.69) is 5.32 Å². The summed E-state index contributed by atoms with van der Waals surface area (Å²) in [5, 5.41) is 11.2. The van der Waals surface area contributed by atoms with Gasteiger partial charge in [0.25, 0.3) is 0 Å². The number of aliphatic hydroxyl groups is 1. The summed E-state index contributed by atoms with van der Waals surface area (Å²) < 4.78 is 0. The summed E-state index contributed by atoms with van der Waals surface area (Å²) in [5.41, 5.74) is 0. The minimum Gasteiger partial charge on any atom is -0.391 e. The predicted molar refractivity (Wildman–Crippen MR) is 49.2 cm³/mol. The van der Waals surface area contributed by atoms with E-state index in [1.54, 1.807) is 6.92 Å². The molecule has 0 saturated heterocycles. The van der Waals surface area contributed by atoms with Gasteiger partial charge in [0.15, 0.2) is 0 Å². The van der Waals surface area contributed by atoms with Crippen molar-refractivity contribution >= 4 is 17.5 Å². The molecule has 0 aliphatic carbocycles. The van der Waals surface area contributed by atoms with Crippen LogP contribution in [0.1, 0.15) is 26.7 Å². The van der Waals surface area contributed by atoms with Gasteiger partial charge < -0.3 is 10.4 Å². The summed E-state index contributed by atoms with van der Waals surface area (Å²) >= 11 is 5.50. The normalized spacial score (nSPS) is 15.3. The molecule has 0 spiro atoms. The fraction of sp³-hybridized carbons (Fsp3) is 0.875. The van der Waals surface area contributed by atoms with E-state index in [-0.39, 0.29) is 5.91 Å². The van der Waals surface area contributed by atoms with Crippen molar-refractivity contribution in [2.75, 3.05) is 6.54 Å². The minimum atomic E-state index is -0.529. The molecule has 0 rings (SSSR count). The monoisotopic (exact) mass is 193 g/mol. The Labute approximate surface area is 78.1 Å². The van der Waals surface area contributed by atoms with Gasteiger partial charge in [-0.3, -0.25) is 4.79 Å². The van der Waals surface area contributed by atoms with E-state index in [0.29, 0.717) is 13.0 Å². The second-order valence-electron chi connectivity index (χ2n) is 2.80. The molecule has 0 aromatic carbocycles. The van der Waals surface area contributed by atoms with Crippen LogP contribution in [0.2, 0.25) is 0 Å². The Kier molecular flexibility index (Phi) is 6.11. The van der Waals surface area contributed by atoms with Crippen LogP contribution in [-0.2, 0) is 4.79 Å². The molecule has 0 unspecified atom stereocenters. The third-order valence-corrected chi connectivity index (χ3v) is 1.69. The van der Waals surface area contributed by atoms with Crippen LogP contribution < -0.4 is 5.32 Å². The van der Waals surface area contributed by atoms with E-state index in [9.17, 15) is 9.90 Å². The molecule has 4 heteroatoms. The number of carbonyl (C=O) groups excluding carboxylic acids is 1. The van der Waals surface area contributed by atoms with E-state index in [1.165, 1.54) is 0 Å². The molecule has 0 saturated carbocycles. The van der Waals surface area contributed by atoms with Crippen molar-refractivity contribution in [3.8, 4) is 0 Å². The maximum absolute atomic E-state index is 10.9. The lowest BCUT2D eigenvalue weighted by molar-refractivity contribution is -0.120. The SMILES string of the molecule is CCC[C@@H](O)CNC(=O)[C@H](C)Cl. The van der Waals surface area contributed by atoms with Gasteiger partial charge in [-0.2, -0.15) is 0 Å². The standard InChI is InChI=1S/C8H16ClNO2/c1-3-4-7(11)5-10-8(12)6(2)9/h6-7,11H,3-5H2,1-2H3,(H,10,12)/t6-,7+/m0/s1. The summed E-state index contributed by atoms with van der Waals surface area (Å²) in [5.74, 6) is -0.230. The zero-order valence-corrected chi connectivity index (χ0v) is 8.27. The second-order valence-corrected chi connectivity index (χ2v) is 3.46. The lowest BCUT2D eigenvalue weighted by Gasteiger charge is -2.11. The van der Waals surface area contributed by atoms with Gasteiger partial charge in [-0.15, -0.1) is 11.6 Å². The van der Waals surface area contributed by atoms with Crippen LogP contribution in [0.3, 0.4) is 0 Å². The van der Waals surface area contributed by atoms with Crippen molar-refractivity contribution in [2.45, 2.75) is 38.2 Å². The lowest BCUT2D eigenvalue weighted by atomic mass is 10.2. The van der Waals surface area contributed by atoms with E-state index >= 15 is 0 Å². The van der Waals surface area contributed by atoms with E-state index in [0.717, 1.165) is 6.42 Å². The van der Waals surface area contributed by atoms with Crippen LogP contribution in [0, 0.1) is 0 Å². The topological polar surface area (TPSA) is 49.3 Å². The highest BCUT2D eigenvalue weighted by Crippen LogP contribution is 1.96. The van der Waals surface area contributed by atoms with E-state index < -0.39 is 11.5 Å². The van der Waals surface area contributed by atoms with Crippen LogP contribution in [0.15, 0.2) is 0 Å². The average Bonchev–Trinajstić information content (AvgIpc) is 2.00. The number of halogens is 1. The van der Waals surface area contributed by atoms with Crippen LogP contribution in [0.5, 0.6) is 0 Å². The van der Waals surface area contributed by atoms with Crippen molar-refractivity contribution in [3.63, 3.8) is 0 Å². The van der Waals surface area contributed by atoms with Gasteiger partial charge in [0.05, 0.1) is 6.10 Å². The molecule has 0 fully saturated rings. The second kappa shape index (κ2) is 6.26. The number of hydrogen-bond donors (Lipinski definition) is 2.